The van der Waals surface area contributed by atoms with Crippen molar-refractivity contribution in [3.05, 3.63) is 24.0 Å². The standard InChI is InChI=1S/C13H15F4NO/c14-11-8-10(18-9-4-2-1-3-5-9)6-7-12(11)19-13(15,16)17/h6-9,18H,1-5H2. The molecular weight excluding hydrogens is 262 g/mol. The summed E-state index contributed by atoms with van der Waals surface area (Å²) in [4.78, 5) is 0. The summed E-state index contributed by atoms with van der Waals surface area (Å²) in [7, 11) is 0. The van der Waals surface area contributed by atoms with Crippen LogP contribution in [-0.4, -0.2) is 12.4 Å². The van der Waals surface area contributed by atoms with Crippen LogP contribution >= 0.6 is 0 Å². The van der Waals surface area contributed by atoms with Crippen molar-refractivity contribution in [2.24, 2.45) is 0 Å². The first-order valence-corrected chi connectivity index (χ1v) is 6.26. The molecule has 1 aliphatic rings. The Morgan fingerprint density at radius 3 is 2.37 bits per heavy atom. The molecule has 0 unspecified atom stereocenters. The molecule has 1 aromatic carbocycles. The highest BCUT2D eigenvalue weighted by atomic mass is 19.4. The molecule has 2 rings (SSSR count). The fourth-order valence-corrected chi connectivity index (χ4v) is 2.28. The van der Waals surface area contributed by atoms with Crippen LogP contribution in [0.2, 0.25) is 0 Å². The number of alkyl halides is 3. The Balaban J connectivity index is 2.01. The molecule has 1 aliphatic carbocycles. The number of rotatable bonds is 3. The molecule has 0 amide bonds. The number of hydrogen-bond donors (Lipinski definition) is 1. The lowest BCUT2D eigenvalue weighted by Gasteiger charge is -2.24. The van der Waals surface area contributed by atoms with E-state index in [1.54, 1.807) is 0 Å². The molecule has 19 heavy (non-hydrogen) atoms. The van der Waals surface area contributed by atoms with Crippen molar-refractivity contribution in [1.82, 2.24) is 0 Å². The van der Waals surface area contributed by atoms with E-state index in [0.29, 0.717) is 5.69 Å². The molecular formula is C13H15F4NO. The molecule has 1 fully saturated rings. The van der Waals surface area contributed by atoms with E-state index in [-0.39, 0.29) is 6.04 Å². The quantitative estimate of drug-likeness (QED) is 0.823. The van der Waals surface area contributed by atoms with Crippen LogP contribution in [0.15, 0.2) is 18.2 Å². The van der Waals surface area contributed by atoms with Gasteiger partial charge in [0.05, 0.1) is 0 Å². The smallest absolute Gasteiger partial charge is 0.403 e. The number of halogens is 4. The summed E-state index contributed by atoms with van der Waals surface area (Å²) < 4.78 is 53.0. The van der Waals surface area contributed by atoms with Crippen LogP contribution in [-0.2, 0) is 0 Å². The average Bonchev–Trinajstić information content (AvgIpc) is 2.33. The van der Waals surface area contributed by atoms with Crippen molar-refractivity contribution in [3.63, 3.8) is 0 Å². The fraction of sp³-hybridized carbons (Fsp3) is 0.538. The van der Waals surface area contributed by atoms with Gasteiger partial charge in [-0.3, -0.25) is 0 Å². The van der Waals surface area contributed by atoms with Gasteiger partial charge in [0.15, 0.2) is 11.6 Å². The second kappa shape index (κ2) is 5.67. The Morgan fingerprint density at radius 1 is 1.11 bits per heavy atom. The lowest BCUT2D eigenvalue weighted by Crippen LogP contribution is -2.22. The minimum absolute atomic E-state index is 0.266. The molecule has 0 radical (unpaired) electrons. The maximum atomic E-state index is 13.5. The van der Waals surface area contributed by atoms with Gasteiger partial charge in [-0.05, 0) is 25.0 Å². The zero-order valence-electron chi connectivity index (χ0n) is 10.3. The molecule has 106 valence electrons. The Hall–Kier alpha value is -1.46. The second-order valence-electron chi connectivity index (χ2n) is 4.67. The van der Waals surface area contributed by atoms with Crippen LogP contribution in [0.25, 0.3) is 0 Å². The highest BCUT2D eigenvalue weighted by Crippen LogP contribution is 2.28. The third-order valence-electron chi connectivity index (χ3n) is 3.13. The third kappa shape index (κ3) is 4.29. The Bertz CT molecular complexity index is 427. The molecule has 1 saturated carbocycles. The van der Waals surface area contributed by atoms with Gasteiger partial charge < -0.3 is 10.1 Å². The zero-order chi connectivity index (χ0) is 13.9. The van der Waals surface area contributed by atoms with Gasteiger partial charge in [-0.2, -0.15) is 0 Å². The van der Waals surface area contributed by atoms with E-state index in [1.165, 1.54) is 12.5 Å². The zero-order valence-corrected chi connectivity index (χ0v) is 10.3. The van der Waals surface area contributed by atoms with Gasteiger partial charge in [0.25, 0.3) is 0 Å². The van der Waals surface area contributed by atoms with Gasteiger partial charge in [-0.1, -0.05) is 19.3 Å². The van der Waals surface area contributed by atoms with Crippen molar-refractivity contribution in [3.8, 4) is 5.75 Å². The van der Waals surface area contributed by atoms with Crippen LogP contribution < -0.4 is 10.1 Å². The predicted octanol–water partition coefficient (Wildman–Crippen LogP) is 4.47. The highest BCUT2D eigenvalue weighted by Gasteiger charge is 2.32. The lowest BCUT2D eigenvalue weighted by atomic mass is 9.95. The molecule has 0 atom stereocenters. The lowest BCUT2D eigenvalue weighted by molar-refractivity contribution is -0.275. The van der Waals surface area contributed by atoms with Crippen molar-refractivity contribution in [2.75, 3.05) is 5.32 Å². The SMILES string of the molecule is Fc1cc(NC2CCCCC2)ccc1OC(F)(F)F. The van der Waals surface area contributed by atoms with Gasteiger partial charge in [0, 0.05) is 17.8 Å². The average molecular weight is 277 g/mol. The molecule has 0 heterocycles. The number of hydrogen-bond acceptors (Lipinski definition) is 2. The monoisotopic (exact) mass is 277 g/mol. The summed E-state index contributed by atoms with van der Waals surface area (Å²) in [6.07, 6.45) is 0.569. The normalized spacial score (nSPS) is 17.3. The first kappa shape index (κ1) is 14.0. The highest BCUT2D eigenvalue weighted by molar-refractivity contribution is 5.48. The molecule has 6 heteroatoms. The Labute approximate surface area is 108 Å². The van der Waals surface area contributed by atoms with Crippen LogP contribution in [0.4, 0.5) is 23.2 Å². The minimum atomic E-state index is -4.88. The summed E-state index contributed by atoms with van der Waals surface area (Å²) in [5, 5.41) is 3.13. The molecule has 2 nitrogen and oxygen atoms in total. The molecule has 0 aliphatic heterocycles. The fourth-order valence-electron chi connectivity index (χ4n) is 2.28. The molecule has 1 N–H and O–H groups in total. The summed E-state index contributed by atoms with van der Waals surface area (Å²) >= 11 is 0. The Kier molecular flexibility index (Phi) is 4.17. The number of anilines is 1. The molecule has 1 aromatic rings. The van der Waals surface area contributed by atoms with E-state index in [4.69, 9.17) is 0 Å². The van der Waals surface area contributed by atoms with Gasteiger partial charge in [0.1, 0.15) is 0 Å². The number of ether oxygens (including phenoxy) is 1. The maximum absolute atomic E-state index is 13.5. The molecule has 0 bridgehead atoms. The van der Waals surface area contributed by atoms with Gasteiger partial charge >= 0.3 is 6.36 Å². The Morgan fingerprint density at radius 2 is 1.79 bits per heavy atom. The first-order valence-electron chi connectivity index (χ1n) is 6.26. The van der Waals surface area contributed by atoms with E-state index >= 15 is 0 Å². The van der Waals surface area contributed by atoms with Gasteiger partial charge in [-0.15, -0.1) is 13.2 Å². The summed E-state index contributed by atoms with van der Waals surface area (Å²) in [6, 6.07) is 3.70. The second-order valence-corrected chi connectivity index (χ2v) is 4.67. The predicted molar refractivity (Wildman–Crippen MR) is 63.6 cm³/mol. The maximum Gasteiger partial charge on any atom is 0.573 e. The van der Waals surface area contributed by atoms with E-state index in [1.807, 2.05) is 0 Å². The third-order valence-corrected chi connectivity index (χ3v) is 3.13. The van der Waals surface area contributed by atoms with E-state index in [2.05, 4.69) is 10.1 Å². The topological polar surface area (TPSA) is 21.3 Å². The molecule has 0 saturated heterocycles. The number of nitrogens with one attached hydrogen (secondary N) is 1. The van der Waals surface area contributed by atoms with Crippen LogP contribution in [0.3, 0.4) is 0 Å². The van der Waals surface area contributed by atoms with E-state index < -0.39 is 17.9 Å². The molecule has 0 spiro atoms. The van der Waals surface area contributed by atoms with Crippen LogP contribution in [0, 0.1) is 5.82 Å². The molecule has 0 aromatic heterocycles. The van der Waals surface area contributed by atoms with Gasteiger partial charge in [0.2, 0.25) is 0 Å². The van der Waals surface area contributed by atoms with Crippen molar-refractivity contribution in [1.29, 1.82) is 0 Å². The first-order chi connectivity index (χ1) is 8.94. The number of benzene rings is 1. The van der Waals surface area contributed by atoms with Crippen LogP contribution in [0.1, 0.15) is 32.1 Å². The summed E-state index contributed by atoms with van der Waals surface area (Å²) in [6.45, 7) is 0. The van der Waals surface area contributed by atoms with Crippen molar-refractivity contribution < 1.29 is 22.3 Å². The summed E-state index contributed by atoms with van der Waals surface area (Å²) in [5.74, 6) is -1.82. The van der Waals surface area contributed by atoms with Crippen molar-refractivity contribution >= 4 is 5.69 Å². The van der Waals surface area contributed by atoms with E-state index in [0.717, 1.165) is 37.8 Å². The van der Waals surface area contributed by atoms with Gasteiger partial charge in [-0.25, -0.2) is 4.39 Å². The largest absolute Gasteiger partial charge is 0.573 e. The van der Waals surface area contributed by atoms with Crippen LogP contribution in [0.5, 0.6) is 5.75 Å². The summed E-state index contributed by atoms with van der Waals surface area (Å²) in [5.41, 5.74) is 0.485. The van der Waals surface area contributed by atoms with Crippen molar-refractivity contribution in [2.45, 2.75) is 44.5 Å². The minimum Gasteiger partial charge on any atom is -0.403 e. The van der Waals surface area contributed by atoms with E-state index in [9.17, 15) is 17.6 Å².